The zero-order valence-electron chi connectivity index (χ0n) is 17.6. The Kier molecular flexibility index (Phi) is 13.3. The number of rotatable bonds is 10. The van der Waals surface area contributed by atoms with E-state index in [1.54, 1.807) is 14.2 Å². The number of nitrogens with zero attached hydrogens (tertiary/aromatic N) is 2. The molecule has 0 radical (unpaired) electrons. The van der Waals surface area contributed by atoms with Crippen molar-refractivity contribution in [3.05, 3.63) is 24.3 Å². The Morgan fingerprint density at radius 1 is 1.21 bits per heavy atom. The molecule has 2 N–H and O–H groups in total. The molecule has 0 saturated carbocycles. The third-order valence-electron chi connectivity index (χ3n) is 4.72. The Morgan fingerprint density at radius 3 is 2.71 bits per heavy atom. The van der Waals surface area contributed by atoms with Gasteiger partial charge in [-0.25, -0.2) is 0 Å². The van der Waals surface area contributed by atoms with Crippen LogP contribution in [0.15, 0.2) is 29.3 Å². The fraction of sp³-hybridized carbons (Fsp3) is 0.667. The normalized spacial score (nSPS) is 16.2. The maximum Gasteiger partial charge on any atom is 0.195 e. The Hall–Kier alpha value is -1.06. The molecule has 1 atom stereocenters. The molecular weight excluding hydrogens is 467 g/mol. The van der Waals surface area contributed by atoms with Crippen LogP contribution in [0.3, 0.4) is 0 Å². The average molecular weight is 504 g/mol. The predicted molar refractivity (Wildman–Crippen MR) is 128 cm³/mol. The number of ether oxygens (including phenoxy) is 2. The molecule has 0 aromatic heterocycles. The quantitative estimate of drug-likeness (QED) is 0.220. The van der Waals surface area contributed by atoms with Gasteiger partial charge in [-0.05, 0) is 44.0 Å². The van der Waals surface area contributed by atoms with Crippen LogP contribution in [0.1, 0.15) is 32.6 Å². The molecule has 1 aromatic carbocycles. The van der Waals surface area contributed by atoms with Gasteiger partial charge < -0.3 is 25.0 Å². The Balaban J connectivity index is 0.00000392. The van der Waals surface area contributed by atoms with Gasteiger partial charge in [0.25, 0.3) is 0 Å². The maximum absolute atomic E-state index is 5.76. The zero-order valence-corrected chi connectivity index (χ0v) is 19.9. The molecule has 1 aliphatic rings. The number of hydrogen-bond donors (Lipinski definition) is 2. The summed E-state index contributed by atoms with van der Waals surface area (Å²) in [6.07, 6.45) is 4.95. The first-order valence-electron chi connectivity index (χ1n) is 10.1. The van der Waals surface area contributed by atoms with Crippen LogP contribution >= 0.6 is 24.0 Å². The molecule has 0 amide bonds. The van der Waals surface area contributed by atoms with E-state index in [1.807, 2.05) is 24.3 Å². The fourth-order valence-corrected chi connectivity index (χ4v) is 3.29. The monoisotopic (exact) mass is 504 g/mol. The molecule has 0 bridgehead atoms. The number of halogens is 1. The van der Waals surface area contributed by atoms with E-state index in [9.17, 15) is 0 Å². The molecule has 1 heterocycles. The van der Waals surface area contributed by atoms with E-state index >= 15 is 0 Å². The summed E-state index contributed by atoms with van der Waals surface area (Å²) in [5.41, 5.74) is 0.969. The van der Waals surface area contributed by atoms with Crippen molar-refractivity contribution in [1.82, 2.24) is 10.2 Å². The van der Waals surface area contributed by atoms with E-state index in [0.29, 0.717) is 19.1 Å². The van der Waals surface area contributed by atoms with Crippen molar-refractivity contribution in [2.45, 2.75) is 32.6 Å². The van der Waals surface area contributed by atoms with Gasteiger partial charge in [-0.2, -0.15) is 0 Å². The molecule has 1 aromatic rings. The zero-order chi connectivity index (χ0) is 19.3. The van der Waals surface area contributed by atoms with Crippen molar-refractivity contribution in [1.29, 1.82) is 0 Å². The highest BCUT2D eigenvalue weighted by Crippen LogP contribution is 2.17. The average Bonchev–Trinajstić information content (AvgIpc) is 2.69. The van der Waals surface area contributed by atoms with Gasteiger partial charge >= 0.3 is 0 Å². The van der Waals surface area contributed by atoms with E-state index in [4.69, 9.17) is 9.47 Å². The molecule has 7 heteroatoms. The Bertz CT molecular complexity index is 565. The Labute approximate surface area is 187 Å². The van der Waals surface area contributed by atoms with Crippen LogP contribution < -0.4 is 15.4 Å². The SMILES string of the molecule is CN=C(NCC(C)CN1CCCCC1)Nc1cccc(OCCCOC)c1.I. The number of anilines is 1. The molecule has 1 fully saturated rings. The minimum absolute atomic E-state index is 0. The van der Waals surface area contributed by atoms with Crippen LogP contribution in [-0.4, -0.2) is 64.4 Å². The number of piperidine rings is 1. The first-order chi connectivity index (χ1) is 13.2. The first-order valence-corrected chi connectivity index (χ1v) is 10.1. The first kappa shape index (κ1) is 25.0. The van der Waals surface area contributed by atoms with Gasteiger partial charge in [0, 0.05) is 52.0 Å². The lowest BCUT2D eigenvalue weighted by atomic mass is 10.1. The maximum atomic E-state index is 5.76. The van der Waals surface area contributed by atoms with Crippen LogP contribution in [0.2, 0.25) is 0 Å². The second-order valence-electron chi connectivity index (χ2n) is 7.27. The highest BCUT2D eigenvalue weighted by molar-refractivity contribution is 14.0. The van der Waals surface area contributed by atoms with E-state index in [1.165, 1.54) is 32.4 Å². The highest BCUT2D eigenvalue weighted by Gasteiger charge is 2.13. The molecular formula is C21H37IN4O2. The van der Waals surface area contributed by atoms with Crippen LogP contribution in [0.4, 0.5) is 5.69 Å². The Morgan fingerprint density at radius 2 is 2.00 bits per heavy atom. The summed E-state index contributed by atoms with van der Waals surface area (Å²) in [5, 5.41) is 6.79. The fourth-order valence-electron chi connectivity index (χ4n) is 3.29. The summed E-state index contributed by atoms with van der Waals surface area (Å²) >= 11 is 0. The molecule has 0 aliphatic carbocycles. The van der Waals surface area contributed by atoms with Gasteiger partial charge in [0.15, 0.2) is 5.96 Å². The van der Waals surface area contributed by atoms with E-state index in [2.05, 4.69) is 27.4 Å². The topological polar surface area (TPSA) is 58.1 Å². The van der Waals surface area contributed by atoms with Crippen molar-refractivity contribution >= 4 is 35.6 Å². The number of methoxy groups -OCH3 is 1. The van der Waals surface area contributed by atoms with Crippen molar-refractivity contribution < 1.29 is 9.47 Å². The summed E-state index contributed by atoms with van der Waals surface area (Å²) in [6.45, 7) is 8.20. The minimum Gasteiger partial charge on any atom is -0.493 e. The number of likely N-dealkylation sites (tertiary alicyclic amines) is 1. The van der Waals surface area contributed by atoms with E-state index < -0.39 is 0 Å². The van der Waals surface area contributed by atoms with Gasteiger partial charge in [-0.15, -0.1) is 24.0 Å². The van der Waals surface area contributed by atoms with Crippen LogP contribution in [0.5, 0.6) is 5.75 Å². The van der Waals surface area contributed by atoms with Gasteiger partial charge in [-0.1, -0.05) is 19.4 Å². The molecule has 6 nitrogen and oxygen atoms in total. The summed E-state index contributed by atoms with van der Waals surface area (Å²) < 4.78 is 10.8. The number of hydrogen-bond acceptors (Lipinski definition) is 4. The van der Waals surface area contributed by atoms with Gasteiger partial charge in [0.2, 0.25) is 0 Å². The summed E-state index contributed by atoms with van der Waals surface area (Å²) in [6, 6.07) is 7.97. The molecule has 1 saturated heterocycles. The molecule has 1 unspecified atom stereocenters. The van der Waals surface area contributed by atoms with Crippen LogP contribution in [-0.2, 0) is 4.74 Å². The molecule has 28 heavy (non-hydrogen) atoms. The van der Waals surface area contributed by atoms with E-state index in [-0.39, 0.29) is 24.0 Å². The lowest BCUT2D eigenvalue weighted by Crippen LogP contribution is -2.39. The standard InChI is InChI=1S/C21H36N4O2.HI/c1-18(17-25-11-5-4-6-12-25)16-23-21(22-2)24-19-9-7-10-20(15-19)27-14-8-13-26-3;/h7,9-10,15,18H,4-6,8,11-14,16-17H2,1-3H3,(H2,22,23,24);1H. The van der Waals surface area contributed by atoms with Crippen LogP contribution in [0, 0.1) is 5.92 Å². The molecule has 1 aliphatic heterocycles. The lowest BCUT2D eigenvalue weighted by molar-refractivity contribution is 0.172. The lowest BCUT2D eigenvalue weighted by Gasteiger charge is -2.29. The van der Waals surface area contributed by atoms with Gasteiger partial charge in [-0.3, -0.25) is 4.99 Å². The third-order valence-corrected chi connectivity index (χ3v) is 4.72. The number of guanidine groups is 1. The van der Waals surface area contributed by atoms with Crippen molar-refractivity contribution in [2.24, 2.45) is 10.9 Å². The minimum atomic E-state index is 0. The van der Waals surface area contributed by atoms with Crippen molar-refractivity contribution in [2.75, 3.05) is 58.9 Å². The predicted octanol–water partition coefficient (Wildman–Crippen LogP) is 3.83. The smallest absolute Gasteiger partial charge is 0.195 e. The van der Waals surface area contributed by atoms with Gasteiger partial charge in [0.1, 0.15) is 5.75 Å². The summed E-state index contributed by atoms with van der Waals surface area (Å²) in [4.78, 5) is 6.92. The largest absolute Gasteiger partial charge is 0.493 e. The summed E-state index contributed by atoms with van der Waals surface area (Å²) in [5.74, 6) is 2.22. The van der Waals surface area contributed by atoms with E-state index in [0.717, 1.165) is 36.9 Å². The molecule has 0 spiro atoms. The number of benzene rings is 1. The number of aliphatic imine (C=N–C) groups is 1. The third kappa shape index (κ3) is 9.93. The highest BCUT2D eigenvalue weighted by atomic mass is 127. The molecule has 160 valence electrons. The van der Waals surface area contributed by atoms with Crippen molar-refractivity contribution in [3.63, 3.8) is 0 Å². The summed E-state index contributed by atoms with van der Waals surface area (Å²) in [7, 11) is 3.51. The number of nitrogens with one attached hydrogen (secondary N) is 2. The van der Waals surface area contributed by atoms with Gasteiger partial charge in [0.05, 0.1) is 6.61 Å². The second kappa shape index (κ2) is 14.9. The van der Waals surface area contributed by atoms with Crippen molar-refractivity contribution in [3.8, 4) is 5.75 Å². The van der Waals surface area contributed by atoms with Crippen LogP contribution in [0.25, 0.3) is 0 Å². The second-order valence-corrected chi connectivity index (χ2v) is 7.27. The molecule has 2 rings (SSSR count).